The van der Waals surface area contributed by atoms with Gasteiger partial charge >= 0.3 is 0 Å². The number of nitrogens with zero attached hydrogens (tertiary/aromatic N) is 3. The molecule has 3 heterocycles. The summed E-state index contributed by atoms with van der Waals surface area (Å²) in [7, 11) is 0. The summed E-state index contributed by atoms with van der Waals surface area (Å²) >= 11 is 5.33. The van der Waals surface area contributed by atoms with Gasteiger partial charge in [0.15, 0.2) is 10.6 Å². The third-order valence-corrected chi connectivity index (χ3v) is 3.92. The number of aromatic nitrogens is 3. The van der Waals surface area contributed by atoms with Crippen molar-refractivity contribution in [1.82, 2.24) is 14.5 Å². The lowest BCUT2D eigenvalue weighted by atomic mass is 10.1. The Kier molecular flexibility index (Phi) is 3.17. The van der Waals surface area contributed by atoms with Crippen LogP contribution in [0, 0.1) is 4.77 Å². The molecular formula is C17H12N4OS. The van der Waals surface area contributed by atoms with Gasteiger partial charge in [-0.3, -0.25) is 4.57 Å². The molecule has 0 unspecified atom stereocenters. The van der Waals surface area contributed by atoms with Crippen molar-refractivity contribution in [3.05, 3.63) is 64.7 Å². The molecule has 6 heteroatoms. The Bertz CT molecular complexity index is 999. The number of hydrogen-bond donors (Lipinski definition) is 2. The van der Waals surface area contributed by atoms with Gasteiger partial charge in [0, 0.05) is 23.5 Å². The van der Waals surface area contributed by atoms with Crippen LogP contribution in [0.5, 0.6) is 5.88 Å². The summed E-state index contributed by atoms with van der Waals surface area (Å²) < 4.78 is 2.03. The minimum absolute atomic E-state index is 0.0689. The number of allylic oxidation sites excluding steroid dienone is 1. The number of rotatable bonds is 2. The van der Waals surface area contributed by atoms with Gasteiger partial charge in [-0.05, 0) is 42.6 Å². The van der Waals surface area contributed by atoms with E-state index in [0.29, 0.717) is 16.3 Å². The normalized spacial score (nSPS) is 14.3. The molecule has 0 saturated heterocycles. The third-order valence-electron chi connectivity index (χ3n) is 3.64. The van der Waals surface area contributed by atoms with Crippen molar-refractivity contribution in [3.63, 3.8) is 0 Å². The van der Waals surface area contributed by atoms with E-state index in [0.717, 1.165) is 16.8 Å². The van der Waals surface area contributed by atoms with Crippen LogP contribution in [-0.4, -0.2) is 25.9 Å². The highest BCUT2D eigenvalue weighted by molar-refractivity contribution is 7.71. The largest absolute Gasteiger partial charge is 0.493 e. The van der Waals surface area contributed by atoms with E-state index < -0.39 is 0 Å². The fourth-order valence-electron chi connectivity index (χ4n) is 2.56. The smallest absolute Gasteiger partial charge is 0.222 e. The van der Waals surface area contributed by atoms with Gasteiger partial charge in [0.1, 0.15) is 5.69 Å². The molecule has 4 rings (SSSR count). The number of imidazole rings is 1. The van der Waals surface area contributed by atoms with Gasteiger partial charge in [0.25, 0.3) is 0 Å². The third kappa shape index (κ3) is 2.29. The molecule has 23 heavy (non-hydrogen) atoms. The van der Waals surface area contributed by atoms with E-state index in [4.69, 9.17) is 12.2 Å². The summed E-state index contributed by atoms with van der Waals surface area (Å²) in [6.45, 7) is 0. The number of fused-ring (bicyclic) bond motifs is 1. The maximum Gasteiger partial charge on any atom is 0.222 e. The Morgan fingerprint density at radius 3 is 2.78 bits per heavy atom. The van der Waals surface area contributed by atoms with Crippen LogP contribution in [0.3, 0.4) is 0 Å². The summed E-state index contributed by atoms with van der Waals surface area (Å²) in [5, 5.41) is 10.5. The van der Waals surface area contributed by atoms with Crippen molar-refractivity contribution in [2.45, 2.75) is 0 Å². The van der Waals surface area contributed by atoms with Crippen molar-refractivity contribution in [3.8, 4) is 11.6 Å². The Morgan fingerprint density at radius 1 is 1.13 bits per heavy atom. The van der Waals surface area contributed by atoms with Crippen LogP contribution in [0.1, 0.15) is 11.3 Å². The molecular weight excluding hydrogens is 308 g/mol. The van der Waals surface area contributed by atoms with E-state index >= 15 is 0 Å². The first-order valence-electron chi connectivity index (χ1n) is 7.04. The van der Waals surface area contributed by atoms with Gasteiger partial charge in [-0.15, -0.1) is 0 Å². The number of H-pyrrole nitrogens is 1. The highest BCUT2D eigenvalue weighted by Gasteiger charge is 2.16. The van der Waals surface area contributed by atoms with Gasteiger partial charge in [-0.2, -0.15) is 0 Å². The topological polar surface area (TPSA) is 66.2 Å². The summed E-state index contributed by atoms with van der Waals surface area (Å²) in [5.74, 6) is 0.749. The highest BCUT2D eigenvalue weighted by Crippen LogP contribution is 2.32. The quantitative estimate of drug-likeness (QED) is 0.704. The van der Waals surface area contributed by atoms with Crippen molar-refractivity contribution in [2.24, 2.45) is 4.99 Å². The van der Waals surface area contributed by atoms with Crippen LogP contribution in [0.25, 0.3) is 17.3 Å². The van der Waals surface area contributed by atoms with Crippen LogP contribution < -0.4 is 0 Å². The van der Waals surface area contributed by atoms with Crippen molar-refractivity contribution < 1.29 is 5.11 Å². The average molecular weight is 320 g/mol. The number of pyridine rings is 1. The standard InChI is InChI=1S/C17H12N4OS/c22-16-14(9-11-10-19-15-13(11)7-4-8-18-15)20-17(23)21(16)12-5-2-1-3-6-12/h1-10,22H,(H,20,23)/b11-9+. The molecule has 0 atom stereocenters. The van der Waals surface area contributed by atoms with E-state index in [1.165, 1.54) is 0 Å². The molecule has 1 aliphatic heterocycles. The molecule has 112 valence electrons. The minimum Gasteiger partial charge on any atom is -0.493 e. The minimum atomic E-state index is 0.0689. The predicted octanol–water partition coefficient (Wildman–Crippen LogP) is 3.89. The van der Waals surface area contributed by atoms with Gasteiger partial charge in [-0.25, -0.2) is 9.98 Å². The molecule has 1 aliphatic rings. The number of benzene rings is 1. The van der Waals surface area contributed by atoms with E-state index in [2.05, 4.69) is 15.0 Å². The Morgan fingerprint density at radius 2 is 1.96 bits per heavy atom. The van der Waals surface area contributed by atoms with E-state index in [9.17, 15) is 5.11 Å². The van der Waals surface area contributed by atoms with Gasteiger partial charge < -0.3 is 10.1 Å². The number of hydrogen-bond acceptors (Lipinski definition) is 4. The van der Waals surface area contributed by atoms with Gasteiger partial charge in [-0.1, -0.05) is 18.2 Å². The zero-order chi connectivity index (χ0) is 15.8. The molecule has 0 fully saturated rings. The first-order chi connectivity index (χ1) is 11.2. The second-order valence-electron chi connectivity index (χ2n) is 5.07. The maximum atomic E-state index is 10.5. The second-order valence-corrected chi connectivity index (χ2v) is 5.46. The molecule has 3 aromatic rings. The molecule has 2 aromatic heterocycles. The van der Waals surface area contributed by atoms with E-state index in [1.54, 1.807) is 17.0 Å². The zero-order valence-corrected chi connectivity index (χ0v) is 12.8. The molecule has 0 amide bonds. The fourth-order valence-corrected chi connectivity index (χ4v) is 2.86. The van der Waals surface area contributed by atoms with E-state index in [1.807, 2.05) is 48.5 Å². The molecule has 0 aliphatic carbocycles. The summed E-state index contributed by atoms with van der Waals surface area (Å²) in [6, 6.07) is 13.3. The van der Waals surface area contributed by atoms with Crippen LogP contribution in [-0.2, 0) is 0 Å². The lowest BCUT2D eigenvalue weighted by Gasteiger charge is -2.03. The maximum absolute atomic E-state index is 10.5. The number of aromatic amines is 1. The number of aliphatic imine (C=N–C) groups is 1. The zero-order valence-electron chi connectivity index (χ0n) is 12.0. The fraction of sp³-hybridized carbons (Fsp3) is 0. The Labute approximate surface area is 137 Å². The van der Waals surface area contributed by atoms with Gasteiger partial charge in [0.2, 0.25) is 5.88 Å². The molecule has 0 bridgehead atoms. The summed E-state index contributed by atoms with van der Waals surface area (Å²) in [6.07, 6.45) is 5.26. The lowest BCUT2D eigenvalue weighted by Crippen LogP contribution is -1.92. The molecule has 5 nitrogen and oxygen atoms in total. The van der Waals surface area contributed by atoms with Crippen LogP contribution in [0.2, 0.25) is 0 Å². The highest BCUT2D eigenvalue weighted by atomic mass is 32.1. The monoisotopic (exact) mass is 320 g/mol. The molecule has 0 radical (unpaired) electrons. The second kappa shape index (κ2) is 5.33. The first-order valence-corrected chi connectivity index (χ1v) is 7.45. The van der Waals surface area contributed by atoms with Crippen molar-refractivity contribution in [2.75, 3.05) is 0 Å². The van der Waals surface area contributed by atoms with Gasteiger partial charge in [0.05, 0.1) is 5.69 Å². The Hall–Kier alpha value is -2.99. The van der Waals surface area contributed by atoms with Crippen LogP contribution >= 0.6 is 12.2 Å². The molecule has 0 saturated carbocycles. The Balaban J connectivity index is 1.83. The van der Waals surface area contributed by atoms with Crippen LogP contribution in [0.15, 0.2) is 53.7 Å². The predicted molar refractivity (Wildman–Crippen MR) is 92.9 cm³/mol. The van der Waals surface area contributed by atoms with Crippen molar-refractivity contribution in [1.29, 1.82) is 0 Å². The SMILES string of the molecule is Oc1c(/C=C2\C=Nc3ncccc32)[nH]c(=S)n1-c1ccccc1. The molecule has 1 aromatic carbocycles. The summed E-state index contributed by atoms with van der Waals surface area (Å²) in [4.78, 5) is 11.5. The number of aromatic hydroxyl groups is 1. The van der Waals surface area contributed by atoms with Crippen molar-refractivity contribution >= 4 is 35.9 Å². The first kappa shape index (κ1) is 13.7. The number of para-hydroxylation sites is 1. The molecule has 2 N–H and O–H groups in total. The van der Waals surface area contributed by atoms with E-state index in [-0.39, 0.29) is 5.88 Å². The number of nitrogens with one attached hydrogen (secondary N) is 1. The average Bonchev–Trinajstić information content (AvgIpc) is 3.10. The van der Waals surface area contributed by atoms with Crippen LogP contribution in [0.4, 0.5) is 5.82 Å². The summed E-state index contributed by atoms with van der Waals surface area (Å²) in [5.41, 5.74) is 3.15. The lowest BCUT2D eigenvalue weighted by molar-refractivity contribution is 0.441. The molecule has 0 spiro atoms.